The Morgan fingerprint density at radius 1 is 1.19 bits per heavy atom. The predicted molar refractivity (Wildman–Crippen MR) is 69.7 cm³/mol. The minimum absolute atomic E-state index is 0.351. The fraction of sp³-hybridized carbons (Fsp3) is 0.500. The molecular formula is C12H22N2O2. The molecule has 92 valence electrons. The van der Waals surface area contributed by atoms with Crippen molar-refractivity contribution < 1.29 is 0 Å². The molecule has 1 N–H and O–H groups in total. The van der Waals surface area contributed by atoms with Crippen LogP contribution in [0.15, 0.2) is 21.9 Å². The van der Waals surface area contributed by atoms with Crippen LogP contribution in [0.25, 0.3) is 6.08 Å². The van der Waals surface area contributed by atoms with Gasteiger partial charge in [-0.1, -0.05) is 39.8 Å². The summed E-state index contributed by atoms with van der Waals surface area (Å²) in [7, 11) is 1.59. The molecule has 0 radical (unpaired) electrons. The number of rotatable bonds is 1. The van der Waals surface area contributed by atoms with Gasteiger partial charge < -0.3 is 4.57 Å². The summed E-state index contributed by atoms with van der Waals surface area (Å²) >= 11 is 0. The lowest BCUT2D eigenvalue weighted by molar-refractivity contribution is 0.796. The molecular weight excluding hydrogens is 204 g/mol. The van der Waals surface area contributed by atoms with E-state index >= 15 is 0 Å². The second kappa shape index (κ2) is 9.96. The SMILES string of the molecule is C/C=C/c1cn(C)c(=O)[nH]c1=O.CC.CC. The highest BCUT2D eigenvalue weighted by molar-refractivity contribution is 5.45. The highest BCUT2D eigenvalue weighted by atomic mass is 16.2. The van der Waals surface area contributed by atoms with Gasteiger partial charge in [0.25, 0.3) is 5.56 Å². The molecule has 0 unspecified atom stereocenters. The number of hydrogen-bond acceptors (Lipinski definition) is 2. The monoisotopic (exact) mass is 226 g/mol. The van der Waals surface area contributed by atoms with Gasteiger partial charge >= 0.3 is 5.69 Å². The van der Waals surface area contributed by atoms with Crippen LogP contribution in [0.2, 0.25) is 0 Å². The summed E-state index contributed by atoms with van der Waals surface area (Å²) < 4.78 is 1.33. The van der Waals surface area contributed by atoms with E-state index in [1.165, 1.54) is 10.8 Å². The summed E-state index contributed by atoms with van der Waals surface area (Å²) in [5, 5.41) is 0. The first-order chi connectivity index (χ1) is 7.65. The maximum absolute atomic E-state index is 11.1. The van der Waals surface area contributed by atoms with Gasteiger partial charge in [-0.05, 0) is 6.92 Å². The lowest BCUT2D eigenvalue weighted by Crippen LogP contribution is -2.28. The first kappa shape index (κ1) is 16.8. The molecule has 0 spiro atoms. The van der Waals surface area contributed by atoms with Crippen molar-refractivity contribution in [2.45, 2.75) is 34.6 Å². The third-order valence-corrected chi connectivity index (χ3v) is 1.48. The molecule has 1 aromatic heterocycles. The van der Waals surface area contributed by atoms with Gasteiger partial charge in [-0.2, -0.15) is 0 Å². The lowest BCUT2D eigenvalue weighted by atomic mass is 10.3. The molecule has 16 heavy (non-hydrogen) atoms. The predicted octanol–water partition coefficient (Wildman–Crippen LogP) is 2.16. The number of nitrogens with one attached hydrogen (secondary N) is 1. The van der Waals surface area contributed by atoms with Gasteiger partial charge in [-0.25, -0.2) is 4.79 Å². The van der Waals surface area contributed by atoms with Gasteiger partial charge in [0.1, 0.15) is 0 Å². The topological polar surface area (TPSA) is 54.9 Å². The molecule has 0 fully saturated rings. The van der Waals surface area contributed by atoms with Crippen molar-refractivity contribution in [2.75, 3.05) is 0 Å². The van der Waals surface area contributed by atoms with Crippen molar-refractivity contribution in [3.8, 4) is 0 Å². The average molecular weight is 226 g/mol. The fourth-order valence-electron chi connectivity index (χ4n) is 0.882. The number of H-pyrrole nitrogens is 1. The van der Waals surface area contributed by atoms with Crippen LogP contribution in [0.5, 0.6) is 0 Å². The van der Waals surface area contributed by atoms with E-state index in [1.54, 1.807) is 19.2 Å². The normalized spacial score (nSPS) is 8.88. The van der Waals surface area contributed by atoms with E-state index in [2.05, 4.69) is 4.98 Å². The Balaban J connectivity index is 0. The third-order valence-electron chi connectivity index (χ3n) is 1.48. The Morgan fingerprint density at radius 3 is 2.12 bits per heavy atom. The Hall–Kier alpha value is -1.58. The third kappa shape index (κ3) is 5.34. The molecule has 0 aromatic carbocycles. The first-order valence-corrected chi connectivity index (χ1v) is 5.58. The summed E-state index contributed by atoms with van der Waals surface area (Å²) in [5.74, 6) is 0. The highest BCUT2D eigenvalue weighted by Crippen LogP contribution is 1.89. The van der Waals surface area contributed by atoms with Crippen LogP contribution in [0.1, 0.15) is 40.2 Å². The molecule has 1 rings (SSSR count). The minimum Gasteiger partial charge on any atom is -0.303 e. The molecule has 1 aromatic rings. The number of hydrogen-bond donors (Lipinski definition) is 1. The highest BCUT2D eigenvalue weighted by Gasteiger charge is 1.96. The van der Waals surface area contributed by atoms with Crippen molar-refractivity contribution in [1.82, 2.24) is 9.55 Å². The van der Waals surface area contributed by atoms with Crippen molar-refractivity contribution in [3.63, 3.8) is 0 Å². The summed E-state index contributed by atoms with van der Waals surface area (Å²) in [4.78, 5) is 24.1. The van der Waals surface area contributed by atoms with Gasteiger partial charge in [-0.15, -0.1) is 0 Å². The Morgan fingerprint density at radius 2 is 1.69 bits per heavy atom. The standard InChI is InChI=1S/C8H10N2O2.2C2H6/c1-3-4-6-5-10(2)8(12)9-7(6)11;2*1-2/h3-5H,1-2H3,(H,9,11,12);2*1-2H3/b4-3+;;. The molecule has 4 nitrogen and oxygen atoms in total. The number of aromatic amines is 1. The second-order valence-electron chi connectivity index (χ2n) is 2.45. The number of aromatic nitrogens is 2. The average Bonchev–Trinajstić information content (AvgIpc) is 2.31. The Kier molecular flexibility index (Phi) is 10.5. The minimum atomic E-state index is -0.395. The molecule has 0 aliphatic carbocycles. The lowest BCUT2D eigenvalue weighted by Gasteiger charge is -1.96. The quantitative estimate of drug-likeness (QED) is 0.797. The van der Waals surface area contributed by atoms with Crippen LogP contribution in [-0.4, -0.2) is 9.55 Å². The van der Waals surface area contributed by atoms with E-state index in [-0.39, 0.29) is 5.56 Å². The van der Waals surface area contributed by atoms with E-state index in [1.807, 2.05) is 34.6 Å². The van der Waals surface area contributed by atoms with E-state index in [0.717, 1.165) is 0 Å². The largest absolute Gasteiger partial charge is 0.328 e. The molecule has 0 bridgehead atoms. The van der Waals surface area contributed by atoms with Gasteiger partial charge in [0.15, 0.2) is 0 Å². The molecule has 0 saturated heterocycles. The van der Waals surface area contributed by atoms with Crippen LogP contribution in [0, 0.1) is 0 Å². The number of nitrogens with zero attached hydrogens (tertiary/aromatic N) is 1. The van der Waals surface area contributed by atoms with Crippen LogP contribution in [-0.2, 0) is 7.05 Å². The van der Waals surface area contributed by atoms with E-state index in [9.17, 15) is 9.59 Å². The zero-order chi connectivity index (χ0) is 13.1. The van der Waals surface area contributed by atoms with Crippen LogP contribution < -0.4 is 11.2 Å². The maximum atomic E-state index is 11.1. The molecule has 0 atom stereocenters. The van der Waals surface area contributed by atoms with Crippen LogP contribution in [0.4, 0.5) is 0 Å². The van der Waals surface area contributed by atoms with E-state index in [4.69, 9.17) is 0 Å². The molecule has 0 aliphatic rings. The first-order valence-electron chi connectivity index (χ1n) is 5.58. The van der Waals surface area contributed by atoms with Crippen molar-refractivity contribution >= 4 is 6.08 Å². The zero-order valence-electron chi connectivity index (χ0n) is 11.0. The zero-order valence-corrected chi connectivity index (χ0v) is 11.0. The van der Waals surface area contributed by atoms with E-state index < -0.39 is 5.69 Å². The van der Waals surface area contributed by atoms with Gasteiger partial charge in [0, 0.05) is 13.2 Å². The van der Waals surface area contributed by atoms with Crippen LogP contribution >= 0.6 is 0 Å². The van der Waals surface area contributed by atoms with Crippen LogP contribution in [0.3, 0.4) is 0 Å². The fourth-order valence-corrected chi connectivity index (χ4v) is 0.882. The number of allylic oxidation sites excluding steroid dienone is 1. The van der Waals surface area contributed by atoms with E-state index in [0.29, 0.717) is 5.56 Å². The molecule has 0 aliphatic heterocycles. The van der Waals surface area contributed by atoms with Gasteiger partial charge in [-0.3, -0.25) is 9.78 Å². The van der Waals surface area contributed by atoms with Gasteiger partial charge in [0.05, 0.1) is 5.56 Å². The summed E-state index contributed by atoms with van der Waals surface area (Å²) in [5.41, 5.74) is -0.260. The van der Waals surface area contributed by atoms with Crippen molar-refractivity contribution in [2.24, 2.45) is 7.05 Å². The molecule has 0 amide bonds. The molecule has 4 heteroatoms. The Bertz CT molecular complexity index is 414. The summed E-state index contributed by atoms with van der Waals surface area (Å²) in [6.45, 7) is 9.81. The molecule has 1 heterocycles. The second-order valence-corrected chi connectivity index (χ2v) is 2.45. The van der Waals surface area contributed by atoms with Crippen molar-refractivity contribution in [3.05, 3.63) is 38.7 Å². The number of aryl methyl sites for hydroxylation is 1. The van der Waals surface area contributed by atoms with Gasteiger partial charge in [0.2, 0.25) is 0 Å². The van der Waals surface area contributed by atoms with Crippen molar-refractivity contribution in [1.29, 1.82) is 0 Å². The molecule has 0 saturated carbocycles. The smallest absolute Gasteiger partial charge is 0.303 e. The maximum Gasteiger partial charge on any atom is 0.328 e. The summed E-state index contributed by atoms with van der Waals surface area (Å²) in [6, 6.07) is 0. The summed E-state index contributed by atoms with van der Waals surface area (Å²) in [6.07, 6.45) is 4.90. The Labute approximate surface area is 96.6 Å².